The van der Waals surface area contributed by atoms with E-state index in [0.29, 0.717) is 17.4 Å². The molecule has 3 nitrogen and oxygen atoms in total. The number of fused-ring (bicyclic) bond motifs is 5. The van der Waals surface area contributed by atoms with Crippen LogP contribution in [0.1, 0.15) is 79.3 Å². The van der Waals surface area contributed by atoms with Crippen molar-refractivity contribution in [3.05, 3.63) is 191 Å². The maximum absolute atomic E-state index is 9.47. The second-order valence-corrected chi connectivity index (χ2v) is 15.2. The summed E-state index contributed by atoms with van der Waals surface area (Å²) in [7, 11) is 0. The van der Waals surface area contributed by atoms with Crippen molar-refractivity contribution in [3.8, 4) is 12.1 Å². The van der Waals surface area contributed by atoms with Gasteiger partial charge < -0.3 is 4.90 Å². The van der Waals surface area contributed by atoms with E-state index in [1.807, 2.05) is 30.3 Å². The summed E-state index contributed by atoms with van der Waals surface area (Å²) in [5.41, 5.74) is 10.6. The van der Waals surface area contributed by atoms with E-state index < -0.39 is 0 Å². The Morgan fingerprint density at radius 3 is 1.69 bits per heavy atom. The Balaban J connectivity index is 0.000000217. The first kappa shape index (κ1) is 36.9. The highest BCUT2D eigenvalue weighted by Gasteiger charge is 2.21. The van der Waals surface area contributed by atoms with E-state index in [-0.39, 0.29) is 5.92 Å². The van der Waals surface area contributed by atoms with E-state index in [0.717, 1.165) is 29.9 Å². The molecule has 0 bridgehead atoms. The number of hydrogen-bond acceptors (Lipinski definition) is 3. The molecule has 55 heavy (non-hydrogen) atoms. The van der Waals surface area contributed by atoms with Crippen LogP contribution in [0.2, 0.25) is 0 Å². The highest BCUT2D eigenvalue weighted by atomic mass is 15.1. The van der Waals surface area contributed by atoms with Crippen LogP contribution in [0.5, 0.6) is 0 Å². The minimum Gasteiger partial charge on any atom is -0.310 e. The van der Waals surface area contributed by atoms with Gasteiger partial charge in [-0.2, -0.15) is 10.5 Å². The Hall–Kier alpha value is -6.42. The predicted octanol–water partition coefficient (Wildman–Crippen LogP) is 14.0. The second-order valence-electron chi connectivity index (χ2n) is 15.2. The molecule has 270 valence electrons. The van der Waals surface area contributed by atoms with Crippen molar-refractivity contribution in [2.75, 3.05) is 4.90 Å². The number of anilines is 2. The van der Waals surface area contributed by atoms with Gasteiger partial charge in [0, 0.05) is 16.8 Å². The molecule has 1 atom stereocenters. The van der Waals surface area contributed by atoms with Crippen molar-refractivity contribution in [2.24, 2.45) is 5.92 Å². The van der Waals surface area contributed by atoms with Crippen LogP contribution in [0.25, 0.3) is 32.3 Å². The molecule has 0 amide bonds. The van der Waals surface area contributed by atoms with Crippen LogP contribution in [-0.2, 0) is 6.42 Å². The number of aryl methyl sites for hydroxylation is 1. The lowest BCUT2D eigenvalue weighted by molar-refractivity contribution is 0.824. The summed E-state index contributed by atoms with van der Waals surface area (Å²) in [6.07, 6.45) is 7.99. The number of benzene rings is 7. The van der Waals surface area contributed by atoms with Crippen LogP contribution in [0.4, 0.5) is 11.4 Å². The normalized spacial score (nSPS) is 13.7. The molecule has 0 fully saturated rings. The fraction of sp³-hybridized carbons (Fsp3) is 0.192. The van der Waals surface area contributed by atoms with Gasteiger partial charge in [-0.05, 0) is 123 Å². The standard InChI is InChI=1S/C35H30N2.C17H17N/c1-23(2)26-14-18-28(19-15-26)37(27-16-12-25(22-36)13-17-27)35-21-34-30-9-5-4-8-29(30)24(3)20-33(34)31-10-6-7-11-32(31)35;1-13(2)17-9-7-15(8-10-17)11-14-3-5-16(12-18)6-4-14/h4-12,14-21,23,25H,13H2,1-3H3;3-10,13H,11H2,1-2H3. The van der Waals surface area contributed by atoms with Crippen molar-refractivity contribution in [2.45, 2.75) is 59.3 Å². The van der Waals surface area contributed by atoms with E-state index >= 15 is 0 Å². The Morgan fingerprint density at radius 2 is 1.15 bits per heavy atom. The predicted molar refractivity (Wildman–Crippen MR) is 232 cm³/mol. The highest BCUT2D eigenvalue weighted by Crippen LogP contribution is 2.43. The summed E-state index contributed by atoms with van der Waals surface area (Å²) in [5, 5.41) is 25.8. The van der Waals surface area contributed by atoms with Crippen molar-refractivity contribution >= 4 is 43.7 Å². The zero-order valence-corrected chi connectivity index (χ0v) is 32.4. The van der Waals surface area contributed by atoms with Crippen LogP contribution in [0.15, 0.2) is 157 Å². The maximum atomic E-state index is 9.47. The zero-order valence-electron chi connectivity index (χ0n) is 32.4. The minimum absolute atomic E-state index is 0.0748. The van der Waals surface area contributed by atoms with Gasteiger partial charge in [0.15, 0.2) is 0 Å². The van der Waals surface area contributed by atoms with E-state index in [4.69, 9.17) is 5.26 Å². The Labute approximate surface area is 326 Å². The van der Waals surface area contributed by atoms with Crippen molar-refractivity contribution in [1.82, 2.24) is 0 Å². The van der Waals surface area contributed by atoms with Gasteiger partial charge in [-0.3, -0.25) is 0 Å². The smallest absolute Gasteiger partial charge is 0.0991 e. The van der Waals surface area contributed by atoms with Gasteiger partial charge >= 0.3 is 0 Å². The third-order valence-corrected chi connectivity index (χ3v) is 10.8. The third kappa shape index (κ3) is 7.94. The fourth-order valence-corrected chi connectivity index (χ4v) is 7.56. The summed E-state index contributed by atoms with van der Waals surface area (Å²) in [6, 6.07) is 52.2. The first-order chi connectivity index (χ1) is 26.7. The molecule has 3 heteroatoms. The van der Waals surface area contributed by atoms with Gasteiger partial charge in [0.05, 0.1) is 29.3 Å². The lowest BCUT2D eigenvalue weighted by Gasteiger charge is -2.30. The zero-order chi connectivity index (χ0) is 38.5. The molecule has 0 saturated carbocycles. The average molecular weight is 714 g/mol. The lowest BCUT2D eigenvalue weighted by atomic mass is 9.92. The summed E-state index contributed by atoms with van der Waals surface area (Å²) >= 11 is 0. The lowest BCUT2D eigenvalue weighted by Crippen LogP contribution is -2.18. The molecule has 7 aromatic carbocycles. The minimum atomic E-state index is -0.0748. The van der Waals surface area contributed by atoms with E-state index in [1.165, 1.54) is 60.1 Å². The summed E-state index contributed by atoms with van der Waals surface area (Å²) < 4.78 is 0. The molecule has 0 N–H and O–H groups in total. The molecule has 0 aliphatic heterocycles. The summed E-state index contributed by atoms with van der Waals surface area (Å²) in [6.45, 7) is 11.1. The molecule has 8 rings (SSSR count). The third-order valence-electron chi connectivity index (χ3n) is 10.8. The van der Waals surface area contributed by atoms with Crippen LogP contribution >= 0.6 is 0 Å². The SMILES string of the molecule is CC(C)c1ccc(Cc2ccc(C#N)cc2)cc1.Cc1cc2c3ccccc3c(N(C3=CCC(C#N)C=C3)c3ccc(C(C)C)cc3)cc2c2ccccc12. The number of nitrogens with zero attached hydrogens (tertiary/aromatic N) is 3. The molecular formula is C52H47N3. The maximum Gasteiger partial charge on any atom is 0.0991 e. The molecule has 0 spiro atoms. The van der Waals surface area contributed by atoms with Gasteiger partial charge in [-0.25, -0.2) is 0 Å². The van der Waals surface area contributed by atoms with E-state index in [1.54, 1.807) is 0 Å². The quantitative estimate of drug-likeness (QED) is 0.155. The van der Waals surface area contributed by atoms with Gasteiger partial charge in [-0.1, -0.05) is 143 Å². The average Bonchev–Trinajstić information content (AvgIpc) is 3.22. The van der Waals surface area contributed by atoms with Gasteiger partial charge in [0.2, 0.25) is 0 Å². The summed E-state index contributed by atoms with van der Waals surface area (Å²) in [5.74, 6) is 0.979. The molecule has 0 radical (unpaired) electrons. The van der Waals surface area contributed by atoms with Gasteiger partial charge in [0.25, 0.3) is 0 Å². The molecular weight excluding hydrogens is 667 g/mol. The monoisotopic (exact) mass is 713 g/mol. The molecule has 0 heterocycles. The van der Waals surface area contributed by atoms with Crippen LogP contribution in [-0.4, -0.2) is 0 Å². The summed E-state index contributed by atoms with van der Waals surface area (Å²) in [4.78, 5) is 2.37. The number of allylic oxidation sites excluding steroid dienone is 3. The van der Waals surface area contributed by atoms with Crippen molar-refractivity contribution < 1.29 is 0 Å². The second kappa shape index (κ2) is 16.3. The Kier molecular flexibility index (Phi) is 10.9. The molecule has 0 saturated heterocycles. The van der Waals surface area contributed by atoms with Gasteiger partial charge in [-0.15, -0.1) is 0 Å². The molecule has 1 aliphatic carbocycles. The number of rotatable bonds is 7. The Morgan fingerprint density at radius 1 is 0.618 bits per heavy atom. The van der Waals surface area contributed by atoms with Crippen molar-refractivity contribution in [1.29, 1.82) is 10.5 Å². The number of hydrogen-bond donors (Lipinski definition) is 0. The first-order valence-corrected chi connectivity index (χ1v) is 19.3. The molecule has 7 aromatic rings. The van der Waals surface area contributed by atoms with Gasteiger partial charge in [0.1, 0.15) is 0 Å². The van der Waals surface area contributed by atoms with E-state index in [2.05, 4.69) is 173 Å². The molecule has 0 aromatic heterocycles. The Bertz CT molecular complexity index is 2610. The van der Waals surface area contributed by atoms with Crippen LogP contribution < -0.4 is 4.90 Å². The van der Waals surface area contributed by atoms with Crippen LogP contribution in [0, 0.1) is 35.5 Å². The highest BCUT2D eigenvalue weighted by molar-refractivity contribution is 6.21. The topological polar surface area (TPSA) is 50.8 Å². The largest absolute Gasteiger partial charge is 0.310 e. The van der Waals surface area contributed by atoms with E-state index in [9.17, 15) is 5.26 Å². The van der Waals surface area contributed by atoms with Crippen LogP contribution in [0.3, 0.4) is 0 Å². The van der Waals surface area contributed by atoms with Crippen molar-refractivity contribution in [3.63, 3.8) is 0 Å². The fourth-order valence-electron chi connectivity index (χ4n) is 7.56. The number of nitriles is 2. The first-order valence-electron chi connectivity index (χ1n) is 19.3. The molecule has 1 aliphatic rings. The molecule has 1 unspecified atom stereocenters.